The van der Waals surface area contributed by atoms with Gasteiger partial charge in [-0.15, -0.1) is 21.5 Å². The van der Waals surface area contributed by atoms with Gasteiger partial charge < -0.3 is 15.0 Å². The number of pyridine rings is 1. The fourth-order valence-electron chi connectivity index (χ4n) is 3.62. The van der Waals surface area contributed by atoms with Crippen LogP contribution >= 0.6 is 11.3 Å². The van der Waals surface area contributed by atoms with Crippen LogP contribution in [0.4, 0.5) is 5.95 Å². The molecule has 1 fully saturated rings. The Hall–Kier alpha value is -2.65. The monoisotopic (exact) mass is 425 g/mol. The Bertz CT molecular complexity index is 1010. The number of aromatic nitrogens is 5. The van der Waals surface area contributed by atoms with Gasteiger partial charge in [0.1, 0.15) is 5.69 Å². The molecule has 158 valence electrons. The van der Waals surface area contributed by atoms with Gasteiger partial charge >= 0.3 is 0 Å². The van der Waals surface area contributed by atoms with Crippen LogP contribution in [0.1, 0.15) is 32.2 Å². The molecule has 1 saturated heterocycles. The van der Waals surface area contributed by atoms with E-state index in [1.54, 1.807) is 24.6 Å². The third-order valence-corrected chi connectivity index (χ3v) is 5.81. The van der Waals surface area contributed by atoms with Crippen molar-refractivity contribution in [1.29, 1.82) is 0 Å². The fourth-order valence-corrected chi connectivity index (χ4v) is 4.41. The molecular weight excluding hydrogens is 398 g/mol. The lowest BCUT2D eigenvalue weighted by atomic mass is 10.1. The fraction of sp³-hybridized carbons (Fsp3) is 0.476. The van der Waals surface area contributed by atoms with E-state index in [-0.39, 0.29) is 5.54 Å². The normalized spacial score (nSPS) is 16.8. The largest absolute Gasteiger partial charge is 0.481 e. The summed E-state index contributed by atoms with van der Waals surface area (Å²) in [5.74, 6) is 1.19. The van der Waals surface area contributed by atoms with Crippen LogP contribution in [0.3, 0.4) is 0 Å². The van der Waals surface area contributed by atoms with E-state index in [0.717, 1.165) is 35.0 Å². The van der Waals surface area contributed by atoms with Crippen molar-refractivity contribution in [2.45, 2.75) is 45.7 Å². The molecule has 4 heterocycles. The van der Waals surface area contributed by atoms with Gasteiger partial charge in [-0.3, -0.25) is 0 Å². The van der Waals surface area contributed by atoms with Crippen molar-refractivity contribution in [3.8, 4) is 27.7 Å². The summed E-state index contributed by atoms with van der Waals surface area (Å²) in [6.07, 6.45) is 4.64. The van der Waals surface area contributed by atoms with E-state index >= 15 is 0 Å². The van der Waals surface area contributed by atoms with Crippen LogP contribution in [0, 0.1) is 6.92 Å². The van der Waals surface area contributed by atoms with Crippen LogP contribution in [0.25, 0.3) is 21.8 Å². The van der Waals surface area contributed by atoms with Crippen LogP contribution in [-0.2, 0) is 0 Å². The quantitative estimate of drug-likeness (QED) is 0.666. The zero-order valence-electron chi connectivity index (χ0n) is 18.0. The van der Waals surface area contributed by atoms with Crippen LogP contribution < -0.4 is 15.0 Å². The molecule has 4 rings (SSSR count). The lowest BCUT2D eigenvalue weighted by Crippen LogP contribution is -2.45. The van der Waals surface area contributed by atoms with E-state index in [9.17, 15) is 0 Å². The number of anilines is 1. The maximum Gasteiger partial charge on any atom is 0.245 e. The van der Waals surface area contributed by atoms with E-state index in [1.807, 2.05) is 25.3 Å². The van der Waals surface area contributed by atoms with E-state index in [2.05, 4.69) is 56.1 Å². The molecule has 1 atom stereocenters. The molecule has 3 aromatic heterocycles. The van der Waals surface area contributed by atoms with Gasteiger partial charge in [-0.1, -0.05) is 0 Å². The highest BCUT2D eigenvalue weighted by Gasteiger charge is 2.27. The maximum atomic E-state index is 5.51. The first-order valence-electron chi connectivity index (χ1n) is 10.0. The van der Waals surface area contributed by atoms with Gasteiger partial charge in [0.15, 0.2) is 0 Å². The van der Waals surface area contributed by atoms with E-state index in [0.29, 0.717) is 29.3 Å². The van der Waals surface area contributed by atoms with Crippen LogP contribution in [-0.4, -0.2) is 56.9 Å². The third kappa shape index (κ3) is 4.57. The van der Waals surface area contributed by atoms with Gasteiger partial charge in [0, 0.05) is 30.9 Å². The number of rotatable bonds is 5. The Balaban J connectivity index is 1.50. The summed E-state index contributed by atoms with van der Waals surface area (Å²) >= 11 is 1.61. The highest BCUT2D eigenvalue weighted by Crippen LogP contribution is 2.34. The first-order valence-corrected chi connectivity index (χ1v) is 10.8. The molecule has 3 aromatic rings. The lowest BCUT2D eigenvalue weighted by Gasteiger charge is -2.25. The topological polar surface area (TPSA) is 89.0 Å². The maximum absolute atomic E-state index is 5.51. The number of hydrogen-bond donors (Lipinski definition) is 1. The number of thiazole rings is 1. The molecule has 0 saturated carbocycles. The highest BCUT2D eigenvalue weighted by molar-refractivity contribution is 7.15. The Kier molecular flexibility index (Phi) is 5.66. The Labute approximate surface area is 180 Å². The number of nitrogens with zero attached hydrogens (tertiary/aromatic N) is 6. The molecule has 30 heavy (non-hydrogen) atoms. The molecule has 1 aliphatic heterocycles. The SMILES string of the molecule is COc1nc(-c2cnc(N3CCC(NC(C)(C)C)C3)nn2)ccc1-c1cnc(C)s1. The highest BCUT2D eigenvalue weighted by atomic mass is 32.1. The molecule has 0 radical (unpaired) electrons. The number of hydrogen-bond acceptors (Lipinski definition) is 9. The van der Waals surface area contributed by atoms with Crippen molar-refractivity contribution < 1.29 is 4.74 Å². The first kappa shape index (κ1) is 20.6. The molecule has 9 heteroatoms. The Morgan fingerprint density at radius 2 is 1.97 bits per heavy atom. The predicted octanol–water partition coefficient (Wildman–Crippen LogP) is 3.34. The second-order valence-electron chi connectivity index (χ2n) is 8.47. The zero-order valence-corrected chi connectivity index (χ0v) is 18.8. The second-order valence-corrected chi connectivity index (χ2v) is 9.70. The van der Waals surface area contributed by atoms with Crippen molar-refractivity contribution in [3.05, 3.63) is 29.5 Å². The van der Waals surface area contributed by atoms with Gasteiger partial charge in [-0.05, 0) is 46.2 Å². The van der Waals surface area contributed by atoms with Crippen LogP contribution in [0.5, 0.6) is 5.88 Å². The predicted molar refractivity (Wildman–Crippen MR) is 119 cm³/mol. The summed E-state index contributed by atoms with van der Waals surface area (Å²) in [5.41, 5.74) is 2.31. The molecule has 1 aliphatic rings. The lowest BCUT2D eigenvalue weighted by molar-refractivity contribution is 0.373. The van der Waals surface area contributed by atoms with E-state index in [1.165, 1.54) is 0 Å². The van der Waals surface area contributed by atoms with Gasteiger partial charge in [-0.2, -0.15) is 0 Å². The van der Waals surface area contributed by atoms with Crippen molar-refractivity contribution in [3.63, 3.8) is 0 Å². The number of ether oxygens (including phenoxy) is 1. The molecule has 0 aliphatic carbocycles. The van der Waals surface area contributed by atoms with E-state index in [4.69, 9.17) is 4.74 Å². The molecule has 8 nitrogen and oxygen atoms in total. The first-order chi connectivity index (χ1) is 14.3. The standard InChI is InChI=1S/C21H27N7OS/c1-13-22-11-18(30-13)15-6-7-16(24-19(15)29-5)17-10-23-20(27-26-17)28-9-8-14(12-28)25-21(2,3)4/h6-7,10-11,14,25H,8-9,12H2,1-5H3. The van der Waals surface area contributed by atoms with Gasteiger partial charge in [0.25, 0.3) is 0 Å². The Morgan fingerprint density at radius 1 is 1.13 bits per heavy atom. The minimum atomic E-state index is 0.0956. The smallest absolute Gasteiger partial charge is 0.245 e. The van der Waals surface area contributed by atoms with Crippen LogP contribution in [0.2, 0.25) is 0 Å². The van der Waals surface area contributed by atoms with E-state index < -0.39 is 0 Å². The summed E-state index contributed by atoms with van der Waals surface area (Å²) in [6, 6.07) is 4.33. The minimum absolute atomic E-state index is 0.0956. The molecule has 0 aromatic carbocycles. The van der Waals surface area contributed by atoms with Crippen molar-refractivity contribution in [1.82, 2.24) is 30.5 Å². The molecule has 0 bridgehead atoms. The van der Waals surface area contributed by atoms with Crippen molar-refractivity contribution in [2.75, 3.05) is 25.1 Å². The van der Waals surface area contributed by atoms with Crippen LogP contribution in [0.15, 0.2) is 24.5 Å². The molecule has 0 amide bonds. The summed E-state index contributed by atoms with van der Waals surface area (Å²) < 4.78 is 5.51. The molecular formula is C21H27N7OS. The van der Waals surface area contributed by atoms with Crippen molar-refractivity contribution in [2.24, 2.45) is 0 Å². The summed E-state index contributed by atoms with van der Waals surface area (Å²) in [5, 5.41) is 13.4. The van der Waals surface area contributed by atoms with Gasteiger partial charge in [-0.25, -0.2) is 15.0 Å². The zero-order chi connectivity index (χ0) is 21.3. The number of methoxy groups -OCH3 is 1. The summed E-state index contributed by atoms with van der Waals surface area (Å²) in [7, 11) is 1.62. The number of aryl methyl sites for hydroxylation is 1. The third-order valence-electron chi connectivity index (χ3n) is 4.86. The average molecular weight is 426 g/mol. The molecule has 0 spiro atoms. The average Bonchev–Trinajstić information content (AvgIpc) is 3.35. The summed E-state index contributed by atoms with van der Waals surface area (Å²) in [6.45, 7) is 10.3. The number of nitrogens with one attached hydrogen (secondary N) is 1. The minimum Gasteiger partial charge on any atom is -0.481 e. The van der Waals surface area contributed by atoms with Crippen molar-refractivity contribution >= 4 is 17.3 Å². The van der Waals surface area contributed by atoms with Gasteiger partial charge in [0.05, 0.1) is 34.4 Å². The second kappa shape index (κ2) is 8.23. The molecule has 1 unspecified atom stereocenters. The Morgan fingerprint density at radius 3 is 2.60 bits per heavy atom. The summed E-state index contributed by atoms with van der Waals surface area (Å²) in [4.78, 5) is 16.7. The molecule has 1 N–H and O–H groups in total. The van der Waals surface area contributed by atoms with Gasteiger partial charge in [0.2, 0.25) is 11.8 Å².